The fourth-order valence-electron chi connectivity index (χ4n) is 2.07. The van der Waals surface area contributed by atoms with E-state index in [1.54, 1.807) is 0 Å². The summed E-state index contributed by atoms with van der Waals surface area (Å²) in [7, 11) is 0. The lowest BCUT2D eigenvalue weighted by molar-refractivity contribution is -0.137. The Morgan fingerprint density at radius 1 is 1.15 bits per heavy atom. The highest BCUT2D eigenvalue weighted by Crippen LogP contribution is 2.07. The summed E-state index contributed by atoms with van der Waals surface area (Å²) < 4.78 is 0. The van der Waals surface area contributed by atoms with Gasteiger partial charge >= 0.3 is 12.0 Å². The maximum Gasteiger partial charge on any atom is 0.322 e. The summed E-state index contributed by atoms with van der Waals surface area (Å²) in [4.78, 5) is 35.2. The molecule has 1 rings (SSSR count). The highest BCUT2D eigenvalue weighted by atomic mass is 16.4. The van der Waals surface area contributed by atoms with E-state index >= 15 is 0 Å². The van der Waals surface area contributed by atoms with E-state index in [0.29, 0.717) is 0 Å². The molecule has 1 saturated heterocycles. The lowest BCUT2D eigenvalue weighted by Crippen LogP contribution is -2.48. The van der Waals surface area contributed by atoms with E-state index < -0.39 is 24.5 Å². The van der Waals surface area contributed by atoms with Crippen LogP contribution in [0.25, 0.3) is 0 Å². The van der Waals surface area contributed by atoms with Gasteiger partial charge in [0.05, 0.1) is 6.54 Å². The third kappa shape index (κ3) is 6.93. The third-order valence-corrected chi connectivity index (χ3v) is 2.95. The zero-order valence-corrected chi connectivity index (χ0v) is 11.6. The smallest absolute Gasteiger partial charge is 0.322 e. The number of aliphatic carboxylic acids is 1. The van der Waals surface area contributed by atoms with Crippen molar-refractivity contribution in [2.24, 2.45) is 0 Å². The molecule has 1 unspecified atom stereocenters. The number of rotatable bonds is 7. The van der Waals surface area contributed by atoms with Crippen molar-refractivity contribution < 1.29 is 19.5 Å². The highest BCUT2D eigenvalue weighted by molar-refractivity contribution is 5.86. The molecule has 1 atom stereocenters. The lowest BCUT2D eigenvalue weighted by atomic mass is 10.3. The number of urea groups is 1. The van der Waals surface area contributed by atoms with Gasteiger partial charge in [0.1, 0.15) is 6.54 Å². The standard InChI is InChI=1S/C12H22N4O4/c1-9(8-16-4-2-3-5-16)15-12(20)14-6-10(17)13-7-11(18)19/h9H,2-8H2,1H3,(H,13,17)(H,18,19)(H2,14,15,20). The van der Waals surface area contributed by atoms with Gasteiger partial charge in [0.15, 0.2) is 0 Å². The van der Waals surface area contributed by atoms with Crippen LogP contribution >= 0.6 is 0 Å². The lowest BCUT2D eigenvalue weighted by Gasteiger charge is -2.21. The minimum Gasteiger partial charge on any atom is -0.480 e. The van der Waals surface area contributed by atoms with Crippen LogP contribution in [-0.2, 0) is 9.59 Å². The van der Waals surface area contributed by atoms with E-state index in [0.717, 1.165) is 19.6 Å². The minimum atomic E-state index is -1.12. The Balaban J connectivity index is 2.12. The van der Waals surface area contributed by atoms with E-state index in [1.165, 1.54) is 12.8 Å². The monoisotopic (exact) mass is 286 g/mol. The first kappa shape index (κ1) is 16.2. The number of nitrogens with one attached hydrogen (secondary N) is 3. The first-order chi connectivity index (χ1) is 9.47. The van der Waals surface area contributed by atoms with Crippen LogP contribution in [0, 0.1) is 0 Å². The summed E-state index contributed by atoms with van der Waals surface area (Å²) in [6.07, 6.45) is 2.39. The Bertz CT molecular complexity index is 355. The number of likely N-dealkylation sites (tertiary alicyclic amines) is 1. The molecule has 0 saturated carbocycles. The Labute approximate surface area is 117 Å². The summed E-state index contributed by atoms with van der Waals surface area (Å²) in [5, 5.41) is 15.7. The van der Waals surface area contributed by atoms with Crippen molar-refractivity contribution in [1.29, 1.82) is 0 Å². The van der Waals surface area contributed by atoms with Crippen molar-refractivity contribution in [3.63, 3.8) is 0 Å². The predicted molar refractivity (Wildman–Crippen MR) is 72.3 cm³/mol. The number of carboxylic acids is 1. The fraction of sp³-hybridized carbons (Fsp3) is 0.750. The second-order valence-corrected chi connectivity index (χ2v) is 4.91. The summed E-state index contributed by atoms with van der Waals surface area (Å²) in [5.41, 5.74) is 0. The fourth-order valence-corrected chi connectivity index (χ4v) is 2.07. The first-order valence-electron chi connectivity index (χ1n) is 6.72. The molecule has 0 aromatic rings. The van der Waals surface area contributed by atoms with Crippen LogP contribution in [-0.4, -0.2) is 66.7 Å². The molecule has 114 valence electrons. The van der Waals surface area contributed by atoms with Gasteiger partial charge in [0, 0.05) is 12.6 Å². The maximum absolute atomic E-state index is 11.5. The molecule has 0 spiro atoms. The largest absolute Gasteiger partial charge is 0.480 e. The van der Waals surface area contributed by atoms with Crippen molar-refractivity contribution in [3.05, 3.63) is 0 Å². The second kappa shape index (κ2) is 8.36. The van der Waals surface area contributed by atoms with Crippen LogP contribution in [0.3, 0.4) is 0 Å². The third-order valence-electron chi connectivity index (χ3n) is 2.95. The Hall–Kier alpha value is -1.83. The van der Waals surface area contributed by atoms with E-state index in [2.05, 4.69) is 20.9 Å². The zero-order valence-electron chi connectivity index (χ0n) is 11.6. The number of carboxylic acid groups (broad SMARTS) is 1. The molecule has 4 N–H and O–H groups in total. The van der Waals surface area contributed by atoms with Crippen molar-refractivity contribution in [3.8, 4) is 0 Å². The SMILES string of the molecule is CC(CN1CCCC1)NC(=O)NCC(=O)NCC(=O)O. The highest BCUT2D eigenvalue weighted by Gasteiger charge is 2.16. The molecule has 1 aliphatic heterocycles. The van der Waals surface area contributed by atoms with Gasteiger partial charge in [-0.15, -0.1) is 0 Å². The van der Waals surface area contributed by atoms with Gasteiger partial charge in [0.25, 0.3) is 0 Å². The van der Waals surface area contributed by atoms with Gasteiger partial charge in [-0.1, -0.05) is 0 Å². The molecule has 1 heterocycles. The molecule has 8 nitrogen and oxygen atoms in total. The topological polar surface area (TPSA) is 111 Å². The molecule has 0 aromatic carbocycles. The van der Waals surface area contributed by atoms with Crippen molar-refractivity contribution in [2.75, 3.05) is 32.7 Å². The second-order valence-electron chi connectivity index (χ2n) is 4.91. The van der Waals surface area contributed by atoms with Gasteiger partial charge < -0.3 is 26.0 Å². The number of carbonyl (C=O) groups is 3. The summed E-state index contributed by atoms with van der Waals surface area (Å²) in [6.45, 7) is 4.13. The van der Waals surface area contributed by atoms with Crippen LogP contribution < -0.4 is 16.0 Å². The average Bonchev–Trinajstić information content (AvgIpc) is 2.86. The Morgan fingerprint density at radius 3 is 2.40 bits per heavy atom. The summed E-state index contributed by atoms with van der Waals surface area (Å²) in [6, 6.07) is -0.433. The zero-order chi connectivity index (χ0) is 15.0. The average molecular weight is 286 g/mol. The Morgan fingerprint density at radius 2 is 1.80 bits per heavy atom. The van der Waals surface area contributed by atoms with E-state index in [1.807, 2.05) is 6.92 Å². The molecule has 0 bridgehead atoms. The van der Waals surface area contributed by atoms with Crippen molar-refractivity contribution >= 4 is 17.9 Å². The van der Waals surface area contributed by atoms with Crippen LogP contribution in [0.4, 0.5) is 4.79 Å². The molecule has 0 aromatic heterocycles. The number of nitrogens with zero attached hydrogens (tertiary/aromatic N) is 1. The van der Waals surface area contributed by atoms with E-state index in [-0.39, 0.29) is 12.6 Å². The van der Waals surface area contributed by atoms with Crippen LogP contribution in [0.2, 0.25) is 0 Å². The number of amides is 3. The van der Waals surface area contributed by atoms with E-state index in [4.69, 9.17) is 5.11 Å². The van der Waals surface area contributed by atoms with Crippen LogP contribution in [0.5, 0.6) is 0 Å². The summed E-state index contributed by atoms with van der Waals surface area (Å²) >= 11 is 0. The number of carbonyl (C=O) groups excluding carboxylic acids is 2. The van der Waals surface area contributed by atoms with Crippen LogP contribution in [0.1, 0.15) is 19.8 Å². The predicted octanol–water partition coefficient (Wildman–Crippen LogP) is -1.03. The van der Waals surface area contributed by atoms with Gasteiger partial charge in [-0.2, -0.15) is 0 Å². The van der Waals surface area contributed by atoms with Gasteiger partial charge in [-0.3, -0.25) is 9.59 Å². The molecule has 0 radical (unpaired) electrons. The molecule has 20 heavy (non-hydrogen) atoms. The first-order valence-corrected chi connectivity index (χ1v) is 6.72. The molecular formula is C12H22N4O4. The number of hydrogen-bond acceptors (Lipinski definition) is 4. The van der Waals surface area contributed by atoms with Gasteiger partial charge in [-0.25, -0.2) is 4.79 Å². The van der Waals surface area contributed by atoms with Gasteiger partial charge in [-0.05, 0) is 32.9 Å². The summed E-state index contributed by atoms with van der Waals surface area (Å²) in [5.74, 6) is -1.66. The van der Waals surface area contributed by atoms with Crippen molar-refractivity contribution in [1.82, 2.24) is 20.9 Å². The van der Waals surface area contributed by atoms with Crippen LogP contribution in [0.15, 0.2) is 0 Å². The molecule has 1 aliphatic rings. The van der Waals surface area contributed by atoms with Crippen molar-refractivity contribution in [2.45, 2.75) is 25.8 Å². The Kier molecular flexibility index (Phi) is 6.78. The molecule has 8 heteroatoms. The molecule has 3 amide bonds. The van der Waals surface area contributed by atoms with E-state index in [9.17, 15) is 14.4 Å². The minimum absolute atomic E-state index is 0.00446. The molecular weight excluding hydrogens is 264 g/mol. The quantitative estimate of drug-likeness (QED) is 0.478. The molecule has 1 fully saturated rings. The maximum atomic E-state index is 11.5. The number of hydrogen-bond donors (Lipinski definition) is 4. The van der Waals surface area contributed by atoms with Gasteiger partial charge in [0.2, 0.25) is 5.91 Å². The normalized spacial score (nSPS) is 16.4. The molecule has 0 aliphatic carbocycles.